The van der Waals surface area contributed by atoms with Crippen molar-refractivity contribution in [1.82, 2.24) is 14.9 Å². The lowest BCUT2D eigenvalue weighted by molar-refractivity contribution is 0.338. The zero-order valence-corrected chi connectivity index (χ0v) is 11.9. The molecule has 0 saturated heterocycles. The van der Waals surface area contributed by atoms with Crippen molar-refractivity contribution in [3.63, 3.8) is 0 Å². The predicted molar refractivity (Wildman–Crippen MR) is 75.6 cm³/mol. The summed E-state index contributed by atoms with van der Waals surface area (Å²) in [6.45, 7) is 3.40. The summed E-state index contributed by atoms with van der Waals surface area (Å²) in [7, 11) is 2.09. The van der Waals surface area contributed by atoms with Crippen LogP contribution in [-0.2, 0) is 13.5 Å². The molecule has 0 amide bonds. The lowest BCUT2D eigenvalue weighted by Crippen LogP contribution is -2.36. The van der Waals surface area contributed by atoms with E-state index in [2.05, 4.69) is 28.8 Å². The summed E-state index contributed by atoms with van der Waals surface area (Å²) < 4.78 is 2.14. The van der Waals surface area contributed by atoms with Gasteiger partial charge in [0, 0.05) is 31.9 Å². The van der Waals surface area contributed by atoms with Crippen LogP contribution in [0.25, 0.3) is 0 Å². The number of rotatable bonds is 7. The highest BCUT2D eigenvalue weighted by Gasteiger charge is 2.24. The Bertz CT molecular complexity index is 339. The zero-order valence-electron chi connectivity index (χ0n) is 11.9. The van der Waals surface area contributed by atoms with Gasteiger partial charge in [0.05, 0.1) is 0 Å². The Morgan fingerprint density at radius 3 is 2.83 bits per heavy atom. The van der Waals surface area contributed by atoms with Crippen LogP contribution >= 0.6 is 0 Å². The summed E-state index contributed by atoms with van der Waals surface area (Å²) in [5.41, 5.74) is 0. The third-order valence-electron chi connectivity index (χ3n) is 4.23. The van der Waals surface area contributed by atoms with Gasteiger partial charge in [0.1, 0.15) is 5.82 Å². The first kappa shape index (κ1) is 13.6. The van der Waals surface area contributed by atoms with Gasteiger partial charge in [-0.2, -0.15) is 0 Å². The first-order valence-electron chi connectivity index (χ1n) is 7.51. The van der Waals surface area contributed by atoms with Gasteiger partial charge in [0.2, 0.25) is 0 Å². The first-order chi connectivity index (χ1) is 8.81. The number of hydrogen-bond acceptors (Lipinski definition) is 2. The fourth-order valence-electron chi connectivity index (χ4n) is 3.12. The molecule has 1 unspecified atom stereocenters. The van der Waals surface area contributed by atoms with Gasteiger partial charge in [0.15, 0.2) is 0 Å². The minimum Gasteiger partial charge on any atom is -0.338 e. The largest absolute Gasteiger partial charge is 0.338 e. The Hall–Kier alpha value is -0.830. The SMILES string of the molecule is CCCNC(CCc1nccn1C)C1CCCC1. The van der Waals surface area contributed by atoms with Gasteiger partial charge >= 0.3 is 0 Å². The number of nitrogens with one attached hydrogen (secondary N) is 1. The van der Waals surface area contributed by atoms with Crippen molar-refractivity contribution in [1.29, 1.82) is 0 Å². The van der Waals surface area contributed by atoms with Crippen molar-refractivity contribution in [3.8, 4) is 0 Å². The van der Waals surface area contributed by atoms with Gasteiger partial charge in [-0.25, -0.2) is 4.98 Å². The highest BCUT2D eigenvalue weighted by molar-refractivity contribution is 4.93. The molecular formula is C15H27N3. The molecule has 1 atom stereocenters. The van der Waals surface area contributed by atoms with E-state index in [1.807, 2.05) is 12.4 Å². The molecule has 1 heterocycles. The summed E-state index contributed by atoms with van der Waals surface area (Å²) >= 11 is 0. The second-order valence-corrected chi connectivity index (χ2v) is 5.60. The second kappa shape index (κ2) is 6.93. The number of aromatic nitrogens is 2. The van der Waals surface area contributed by atoms with Crippen molar-refractivity contribution in [3.05, 3.63) is 18.2 Å². The predicted octanol–water partition coefficient (Wildman–Crippen LogP) is 2.91. The van der Waals surface area contributed by atoms with Gasteiger partial charge < -0.3 is 9.88 Å². The van der Waals surface area contributed by atoms with Gasteiger partial charge in [-0.15, -0.1) is 0 Å². The maximum atomic E-state index is 4.43. The van der Waals surface area contributed by atoms with Crippen LogP contribution in [0.4, 0.5) is 0 Å². The minimum absolute atomic E-state index is 0.698. The van der Waals surface area contributed by atoms with E-state index >= 15 is 0 Å². The molecule has 3 heteroatoms. The normalized spacial score (nSPS) is 18.3. The Morgan fingerprint density at radius 1 is 1.44 bits per heavy atom. The molecule has 0 aromatic carbocycles. The van der Waals surface area contributed by atoms with E-state index in [0.29, 0.717) is 6.04 Å². The Morgan fingerprint density at radius 2 is 2.22 bits per heavy atom. The van der Waals surface area contributed by atoms with Crippen LogP contribution in [-0.4, -0.2) is 22.1 Å². The molecule has 1 aromatic heterocycles. The second-order valence-electron chi connectivity index (χ2n) is 5.60. The quantitative estimate of drug-likeness (QED) is 0.805. The maximum absolute atomic E-state index is 4.43. The van der Waals surface area contributed by atoms with E-state index < -0.39 is 0 Å². The molecule has 1 saturated carbocycles. The lowest BCUT2D eigenvalue weighted by Gasteiger charge is -2.24. The third kappa shape index (κ3) is 3.58. The number of nitrogens with zero attached hydrogens (tertiary/aromatic N) is 2. The summed E-state index contributed by atoms with van der Waals surface area (Å²) in [4.78, 5) is 4.43. The van der Waals surface area contributed by atoms with Crippen molar-refractivity contribution >= 4 is 0 Å². The molecule has 3 nitrogen and oxygen atoms in total. The molecule has 1 aliphatic rings. The van der Waals surface area contributed by atoms with Crippen LogP contribution < -0.4 is 5.32 Å². The summed E-state index contributed by atoms with van der Waals surface area (Å²) in [5.74, 6) is 2.12. The fourth-order valence-corrected chi connectivity index (χ4v) is 3.12. The van der Waals surface area contributed by atoms with Crippen molar-refractivity contribution in [2.75, 3.05) is 6.54 Å². The Labute approximate surface area is 111 Å². The van der Waals surface area contributed by atoms with Crippen molar-refractivity contribution < 1.29 is 0 Å². The van der Waals surface area contributed by atoms with Crippen LogP contribution in [0, 0.1) is 5.92 Å². The van der Waals surface area contributed by atoms with Crippen LogP contribution in [0.5, 0.6) is 0 Å². The smallest absolute Gasteiger partial charge is 0.108 e. The van der Waals surface area contributed by atoms with E-state index in [0.717, 1.165) is 18.9 Å². The molecule has 0 radical (unpaired) electrons. The minimum atomic E-state index is 0.698. The topological polar surface area (TPSA) is 29.9 Å². The Kier molecular flexibility index (Phi) is 5.24. The highest BCUT2D eigenvalue weighted by Crippen LogP contribution is 2.29. The first-order valence-corrected chi connectivity index (χ1v) is 7.51. The van der Waals surface area contributed by atoms with E-state index in [1.165, 1.54) is 44.3 Å². The lowest BCUT2D eigenvalue weighted by atomic mass is 9.94. The van der Waals surface area contributed by atoms with Crippen molar-refractivity contribution in [2.24, 2.45) is 13.0 Å². The molecule has 2 rings (SSSR count). The summed E-state index contributed by atoms with van der Waals surface area (Å²) in [5, 5.41) is 3.76. The van der Waals surface area contributed by atoms with Gasteiger partial charge in [-0.05, 0) is 38.1 Å². The molecule has 1 aliphatic carbocycles. The van der Waals surface area contributed by atoms with Crippen LogP contribution in [0.15, 0.2) is 12.4 Å². The van der Waals surface area contributed by atoms with Crippen LogP contribution in [0.2, 0.25) is 0 Å². The molecule has 18 heavy (non-hydrogen) atoms. The molecule has 0 spiro atoms. The van der Waals surface area contributed by atoms with Crippen LogP contribution in [0.1, 0.15) is 51.3 Å². The third-order valence-corrected chi connectivity index (χ3v) is 4.23. The van der Waals surface area contributed by atoms with Crippen molar-refractivity contribution in [2.45, 2.75) is 57.9 Å². The van der Waals surface area contributed by atoms with E-state index in [1.54, 1.807) is 0 Å². The molecule has 1 N–H and O–H groups in total. The van der Waals surface area contributed by atoms with E-state index in [9.17, 15) is 0 Å². The van der Waals surface area contributed by atoms with E-state index in [-0.39, 0.29) is 0 Å². The molecule has 0 aliphatic heterocycles. The van der Waals surface area contributed by atoms with Gasteiger partial charge in [-0.3, -0.25) is 0 Å². The zero-order chi connectivity index (χ0) is 12.8. The molecule has 1 fully saturated rings. The number of aryl methyl sites for hydroxylation is 2. The number of imidazole rings is 1. The fraction of sp³-hybridized carbons (Fsp3) is 0.800. The van der Waals surface area contributed by atoms with E-state index in [4.69, 9.17) is 0 Å². The average Bonchev–Trinajstić information content (AvgIpc) is 3.01. The standard InChI is InChI=1S/C15H27N3/c1-3-10-16-14(13-6-4-5-7-13)8-9-15-17-11-12-18(15)2/h11-14,16H,3-10H2,1-2H3. The monoisotopic (exact) mass is 249 g/mol. The summed E-state index contributed by atoms with van der Waals surface area (Å²) in [6, 6.07) is 0.698. The molecule has 102 valence electrons. The number of hydrogen-bond donors (Lipinski definition) is 1. The molecule has 1 aromatic rings. The molecule has 0 bridgehead atoms. The van der Waals surface area contributed by atoms with Gasteiger partial charge in [0.25, 0.3) is 0 Å². The van der Waals surface area contributed by atoms with Gasteiger partial charge in [-0.1, -0.05) is 19.8 Å². The molecular weight excluding hydrogens is 222 g/mol. The Balaban J connectivity index is 1.86. The summed E-state index contributed by atoms with van der Waals surface area (Å²) in [6.07, 6.45) is 13.2. The maximum Gasteiger partial charge on any atom is 0.108 e. The van der Waals surface area contributed by atoms with Crippen LogP contribution in [0.3, 0.4) is 0 Å². The average molecular weight is 249 g/mol. The highest BCUT2D eigenvalue weighted by atomic mass is 15.0.